The fourth-order valence-corrected chi connectivity index (χ4v) is 4.47. The van der Waals surface area contributed by atoms with Gasteiger partial charge in [0.1, 0.15) is 5.69 Å². The van der Waals surface area contributed by atoms with E-state index in [0.717, 1.165) is 43.6 Å². The van der Waals surface area contributed by atoms with E-state index < -0.39 is 0 Å². The maximum atomic E-state index is 13.1. The molecule has 30 heavy (non-hydrogen) atoms. The van der Waals surface area contributed by atoms with Crippen molar-refractivity contribution in [2.24, 2.45) is 0 Å². The van der Waals surface area contributed by atoms with E-state index in [1.807, 2.05) is 6.07 Å². The zero-order chi connectivity index (χ0) is 20.9. The van der Waals surface area contributed by atoms with Crippen molar-refractivity contribution in [1.82, 2.24) is 4.57 Å². The summed E-state index contributed by atoms with van der Waals surface area (Å²) < 4.78 is 2.22. The summed E-state index contributed by atoms with van der Waals surface area (Å²) in [7, 11) is 0. The van der Waals surface area contributed by atoms with Crippen LogP contribution in [0.3, 0.4) is 0 Å². The highest BCUT2D eigenvalue weighted by Crippen LogP contribution is 2.41. The predicted octanol–water partition coefficient (Wildman–Crippen LogP) is 6.94. The molecule has 0 aliphatic heterocycles. The van der Waals surface area contributed by atoms with E-state index in [0.29, 0.717) is 5.92 Å². The van der Waals surface area contributed by atoms with Crippen LogP contribution in [-0.4, -0.2) is 10.5 Å². The Morgan fingerprint density at radius 2 is 2.00 bits per heavy atom. The summed E-state index contributed by atoms with van der Waals surface area (Å²) in [4.78, 5) is 13.1. The van der Waals surface area contributed by atoms with Gasteiger partial charge >= 0.3 is 0 Å². The number of benzene rings is 1. The highest BCUT2D eigenvalue weighted by Gasteiger charge is 2.24. The Kier molecular flexibility index (Phi) is 6.56. The van der Waals surface area contributed by atoms with Gasteiger partial charge < -0.3 is 9.88 Å². The lowest BCUT2D eigenvalue weighted by atomic mass is 10.0. The molecular weight excluding hydrogens is 368 g/mol. The van der Waals surface area contributed by atoms with E-state index in [-0.39, 0.29) is 5.91 Å². The van der Waals surface area contributed by atoms with Gasteiger partial charge in [0.2, 0.25) is 0 Å². The first kappa shape index (κ1) is 20.7. The highest BCUT2D eigenvalue weighted by molar-refractivity contribution is 6.03. The second-order valence-electron chi connectivity index (χ2n) is 8.83. The molecule has 3 nitrogen and oxygen atoms in total. The summed E-state index contributed by atoms with van der Waals surface area (Å²) in [6, 6.07) is 10.6. The number of hydrogen-bond acceptors (Lipinski definition) is 1. The smallest absolute Gasteiger partial charge is 0.272 e. The number of rotatable bonds is 9. The van der Waals surface area contributed by atoms with E-state index in [9.17, 15) is 4.79 Å². The Balaban J connectivity index is 1.44. The first-order valence-corrected chi connectivity index (χ1v) is 11.6. The molecule has 0 saturated heterocycles. The van der Waals surface area contributed by atoms with Gasteiger partial charge in [0.15, 0.2) is 0 Å². The average Bonchev–Trinajstić information content (AvgIpc) is 3.51. The van der Waals surface area contributed by atoms with Gasteiger partial charge in [-0.1, -0.05) is 36.8 Å². The number of carbonyl (C=O) groups excluding carboxylic acids is 1. The van der Waals surface area contributed by atoms with Gasteiger partial charge in [-0.2, -0.15) is 0 Å². The predicted molar refractivity (Wildman–Crippen MR) is 125 cm³/mol. The lowest BCUT2D eigenvalue weighted by molar-refractivity contribution is 0.101. The van der Waals surface area contributed by atoms with Crippen LogP contribution >= 0.6 is 0 Å². The van der Waals surface area contributed by atoms with E-state index in [1.54, 1.807) is 0 Å². The molecule has 2 aliphatic rings. The second-order valence-corrected chi connectivity index (χ2v) is 8.83. The maximum Gasteiger partial charge on any atom is 0.272 e. The highest BCUT2D eigenvalue weighted by atomic mass is 16.1. The number of hydrogen-bond donors (Lipinski definition) is 1. The van der Waals surface area contributed by atoms with Gasteiger partial charge in [-0.25, -0.2) is 0 Å². The molecule has 1 amide bonds. The molecule has 0 spiro atoms. The number of allylic oxidation sites excluding steroid dienone is 4. The topological polar surface area (TPSA) is 34.0 Å². The zero-order valence-corrected chi connectivity index (χ0v) is 18.4. The van der Waals surface area contributed by atoms with Crippen LogP contribution < -0.4 is 5.32 Å². The number of aryl methyl sites for hydroxylation is 2. The number of anilines is 1. The molecular formula is C27H34N2O. The van der Waals surface area contributed by atoms with Gasteiger partial charge in [-0.05, 0) is 99.6 Å². The van der Waals surface area contributed by atoms with Crippen molar-refractivity contribution >= 4 is 11.6 Å². The van der Waals surface area contributed by atoms with Crippen LogP contribution in [0.5, 0.6) is 0 Å². The molecule has 2 aromatic rings. The number of nitrogens with one attached hydrogen (secondary N) is 1. The van der Waals surface area contributed by atoms with Gasteiger partial charge in [0.05, 0.1) is 0 Å². The Morgan fingerprint density at radius 3 is 2.73 bits per heavy atom. The minimum absolute atomic E-state index is 0.0000286. The van der Waals surface area contributed by atoms with Crippen molar-refractivity contribution in [3.63, 3.8) is 0 Å². The number of amides is 1. The van der Waals surface area contributed by atoms with Gasteiger partial charge in [0, 0.05) is 17.9 Å². The first-order chi connectivity index (χ1) is 14.6. The lowest BCUT2D eigenvalue weighted by Gasteiger charge is -2.14. The molecule has 3 heteroatoms. The minimum Gasteiger partial charge on any atom is -0.341 e. The molecule has 1 fully saturated rings. The van der Waals surface area contributed by atoms with Crippen molar-refractivity contribution in [3.05, 3.63) is 76.6 Å². The molecule has 1 aromatic heterocycles. The second kappa shape index (κ2) is 9.51. The Labute approximate surface area is 180 Å². The van der Waals surface area contributed by atoms with Crippen molar-refractivity contribution < 1.29 is 4.79 Å². The SMILES string of the molecule is CCCn1c(CCCC2=CCCC=C2)ccc1C(=O)Nc1cc(C)cc(C2CC2)c1. The molecule has 158 valence electrons. The fraction of sp³-hybridized carbons (Fsp3) is 0.444. The van der Waals surface area contributed by atoms with Crippen LogP contribution in [0.2, 0.25) is 0 Å². The molecule has 2 aliphatic carbocycles. The monoisotopic (exact) mass is 402 g/mol. The van der Waals surface area contributed by atoms with Crippen molar-refractivity contribution in [3.8, 4) is 0 Å². The van der Waals surface area contributed by atoms with Crippen molar-refractivity contribution in [2.45, 2.75) is 77.7 Å². The van der Waals surface area contributed by atoms with Crippen molar-refractivity contribution in [1.29, 1.82) is 0 Å². The molecule has 1 heterocycles. The number of carbonyl (C=O) groups is 1. The van der Waals surface area contributed by atoms with Crippen LogP contribution in [0.15, 0.2) is 54.1 Å². The van der Waals surface area contributed by atoms with E-state index in [4.69, 9.17) is 0 Å². The molecule has 1 aromatic carbocycles. The lowest BCUT2D eigenvalue weighted by Crippen LogP contribution is -2.18. The third-order valence-corrected chi connectivity index (χ3v) is 6.13. The normalized spacial score (nSPS) is 15.9. The Hall–Kier alpha value is -2.55. The van der Waals surface area contributed by atoms with Crippen LogP contribution in [0.25, 0.3) is 0 Å². The standard InChI is InChI=1S/C27H34N2O/c1-3-16-29-25(11-7-10-21-8-5-4-6-9-21)14-15-26(29)27(30)28-24-18-20(2)17-23(19-24)22-12-13-22/h5,8-9,14-15,17-19,22H,3-4,6-7,10-13,16H2,1-2H3,(H,28,30). The quantitative estimate of drug-likeness (QED) is 0.484. The third kappa shape index (κ3) is 5.13. The van der Waals surface area contributed by atoms with Crippen LogP contribution in [0.4, 0.5) is 5.69 Å². The van der Waals surface area contributed by atoms with Gasteiger partial charge in [0.25, 0.3) is 5.91 Å². The van der Waals surface area contributed by atoms with E-state index in [1.165, 1.54) is 48.1 Å². The average molecular weight is 403 g/mol. The Bertz CT molecular complexity index is 959. The van der Waals surface area contributed by atoms with Crippen LogP contribution in [-0.2, 0) is 13.0 Å². The molecule has 0 unspecified atom stereocenters. The molecule has 0 radical (unpaired) electrons. The number of aromatic nitrogens is 1. The van der Waals surface area contributed by atoms with Crippen LogP contribution in [0.1, 0.15) is 85.1 Å². The van der Waals surface area contributed by atoms with Crippen molar-refractivity contribution in [2.75, 3.05) is 5.32 Å². The minimum atomic E-state index is -0.0000286. The van der Waals surface area contributed by atoms with E-state index >= 15 is 0 Å². The van der Waals surface area contributed by atoms with Crippen LogP contribution in [0, 0.1) is 6.92 Å². The largest absolute Gasteiger partial charge is 0.341 e. The Morgan fingerprint density at radius 1 is 1.13 bits per heavy atom. The van der Waals surface area contributed by atoms with Gasteiger partial charge in [-0.3, -0.25) is 4.79 Å². The fourth-order valence-electron chi connectivity index (χ4n) is 4.47. The summed E-state index contributed by atoms with van der Waals surface area (Å²) >= 11 is 0. The molecule has 1 saturated carbocycles. The summed E-state index contributed by atoms with van der Waals surface area (Å²) in [6.45, 7) is 5.16. The maximum absolute atomic E-state index is 13.1. The first-order valence-electron chi connectivity index (χ1n) is 11.6. The molecule has 0 bridgehead atoms. The summed E-state index contributed by atoms with van der Waals surface area (Å²) in [5, 5.41) is 3.16. The summed E-state index contributed by atoms with van der Waals surface area (Å²) in [6.07, 6.45) is 16.0. The molecule has 1 N–H and O–H groups in total. The molecule has 4 rings (SSSR count). The van der Waals surface area contributed by atoms with E-state index in [2.05, 4.69) is 66.2 Å². The summed E-state index contributed by atoms with van der Waals surface area (Å²) in [5.41, 5.74) is 7.00. The summed E-state index contributed by atoms with van der Waals surface area (Å²) in [5.74, 6) is 0.685. The molecule has 0 atom stereocenters. The third-order valence-electron chi connectivity index (χ3n) is 6.13. The number of nitrogens with zero attached hydrogens (tertiary/aromatic N) is 1. The zero-order valence-electron chi connectivity index (χ0n) is 18.4. The van der Waals surface area contributed by atoms with Gasteiger partial charge in [-0.15, -0.1) is 0 Å².